The summed E-state index contributed by atoms with van der Waals surface area (Å²) < 4.78 is 73.4. The molecule has 1 aromatic carbocycles. The molecule has 0 nitrogen and oxygen atoms in total. The Hall–Kier alpha value is -1.14. The van der Waals surface area contributed by atoms with Gasteiger partial charge in [-0.25, -0.2) is 0 Å². The summed E-state index contributed by atoms with van der Waals surface area (Å²) in [5.41, 5.74) is 0.474. The molecule has 96 valence electrons. The maximum atomic E-state index is 12.3. The number of halogens is 6. The summed E-state index contributed by atoms with van der Waals surface area (Å²) in [5.74, 6) is -3.19. The van der Waals surface area contributed by atoms with Gasteiger partial charge in [-0.3, -0.25) is 0 Å². The van der Waals surface area contributed by atoms with Crippen LogP contribution in [0.1, 0.15) is 12.0 Å². The van der Waals surface area contributed by atoms with E-state index in [0.717, 1.165) is 0 Å². The van der Waals surface area contributed by atoms with Crippen LogP contribution in [0.15, 0.2) is 30.3 Å². The van der Waals surface area contributed by atoms with E-state index in [9.17, 15) is 26.1 Å². The third-order valence-corrected chi connectivity index (χ3v) is 2.46. The lowest BCUT2D eigenvalue weighted by atomic mass is 9.69. The van der Waals surface area contributed by atoms with Crippen LogP contribution in [0.25, 0.3) is 0 Å². The van der Waals surface area contributed by atoms with E-state index in [0.29, 0.717) is 5.56 Å². The lowest BCUT2D eigenvalue weighted by Gasteiger charge is -2.28. The van der Waals surface area contributed by atoms with Crippen LogP contribution in [0.3, 0.4) is 0 Å². The van der Waals surface area contributed by atoms with Crippen molar-refractivity contribution in [3.8, 4) is 0 Å². The number of rotatable bonds is 4. The van der Waals surface area contributed by atoms with Gasteiger partial charge in [-0.1, -0.05) is 36.8 Å². The van der Waals surface area contributed by atoms with E-state index in [1.54, 1.807) is 18.2 Å². The summed E-state index contributed by atoms with van der Waals surface area (Å²) in [7, 11) is 0. The second-order valence-corrected chi connectivity index (χ2v) is 3.80. The average Bonchev–Trinajstić information content (AvgIpc) is 2.15. The lowest BCUT2D eigenvalue weighted by molar-refractivity contribution is -0.141. The zero-order chi connectivity index (χ0) is 13.1. The Balaban J connectivity index is 2.70. The Morgan fingerprint density at radius 2 is 1.53 bits per heavy atom. The number of hydrogen-bond acceptors (Lipinski definition) is 0. The Labute approximate surface area is 94.7 Å². The zero-order valence-corrected chi connectivity index (χ0v) is 8.72. The predicted octanol–water partition coefficient (Wildman–Crippen LogP) is 4.40. The Morgan fingerprint density at radius 1 is 1.00 bits per heavy atom. The first kappa shape index (κ1) is 13.9. The highest BCUT2D eigenvalue weighted by atomic mass is 19.4. The second-order valence-electron chi connectivity index (χ2n) is 3.80. The van der Waals surface area contributed by atoms with Crippen molar-refractivity contribution in [1.29, 1.82) is 0 Å². The zero-order valence-electron chi connectivity index (χ0n) is 8.72. The monoisotopic (exact) mass is 255 g/mol. The third-order valence-electron chi connectivity index (χ3n) is 2.46. The molecule has 0 saturated carbocycles. The van der Waals surface area contributed by atoms with Gasteiger partial charge in [-0.05, 0) is 12.0 Å². The molecule has 1 unspecified atom stereocenters. The molecule has 1 aromatic rings. The van der Waals surface area contributed by atoms with Gasteiger partial charge in [0.05, 0.1) is 0 Å². The van der Waals surface area contributed by atoms with Crippen molar-refractivity contribution in [3.05, 3.63) is 35.9 Å². The van der Waals surface area contributed by atoms with Gasteiger partial charge in [-0.2, -0.15) is 13.2 Å². The summed E-state index contributed by atoms with van der Waals surface area (Å²) in [6, 6.07) is 7.83. The largest absolute Gasteiger partial charge is 0.490 e. The summed E-state index contributed by atoms with van der Waals surface area (Å²) in [4.78, 5) is 0. The first-order valence-electron chi connectivity index (χ1n) is 5.02. The van der Waals surface area contributed by atoms with E-state index in [1.807, 2.05) is 0 Å². The van der Waals surface area contributed by atoms with Crippen LogP contribution in [-0.4, -0.2) is 13.2 Å². The molecule has 7 heteroatoms. The summed E-state index contributed by atoms with van der Waals surface area (Å²) in [6.45, 7) is -5.90. The normalized spacial score (nSPS) is 14.7. The fourth-order valence-electron chi connectivity index (χ4n) is 1.53. The molecule has 0 spiro atoms. The standard InChI is InChI=1S/C10H10BF6/c12-10(13,14)9(11(15,16)17)7-6-8-4-2-1-3-5-8/h1-5,9H,6-7H2/q-1. The van der Waals surface area contributed by atoms with Gasteiger partial charge in [0.25, 0.3) is 0 Å². The predicted molar refractivity (Wildman–Crippen MR) is 53.6 cm³/mol. The molecule has 17 heavy (non-hydrogen) atoms. The highest BCUT2D eigenvalue weighted by Gasteiger charge is 2.51. The molecule has 0 heterocycles. The van der Waals surface area contributed by atoms with Gasteiger partial charge in [0.1, 0.15) is 0 Å². The van der Waals surface area contributed by atoms with Crippen molar-refractivity contribution >= 4 is 6.98 Å². The minimum atomic E-state index is -5.90. The van der Waals surface area contributed by atoms with Gasteiger partial charge in [-0.15, -0.1) is 0 Å². The Kier molecular flexibility index (Phi) is 4.11. The van der Waals surface area contributed by atoms with Crippen LogP contribution in [0.4, 0.5) is 26.1 Å². The van der Waals surface area contributed by atoms with Crippen molar-refractivity contribution in [2.75, 3.05) is 0 Å². The van der Waals surface area contributed by atoms with Crippen molar-refractivity contribution in [3.63, 3.8) is 0 Å². The van der Waals surface area contributed by atoms with Gasteiger partial charge in [0, 0.05) is 5.82 Å². The number of aryl methyl sites for hydroxylation is 1. The van der Waals surface area contributed by atoms with Gasteiger partial charge in [0.2, 0.25) is 0 Å². The molecule has 0 N–H and O–H groups in total. The van der Waals surface area contributed by atoms with E-state index < -0.39 is 25.4 Å². The molecule has 0 aliphatic carbocycles. The van der Waals surface area contributed by atoms with Gasteiger partial charge >= 0.3 is 13.2 Å². The third kappa shape index (κ3) is 4.32. The molecule has 0 amide bonds. The molecular weight excluding hydrogens is 245 g/mol. The first-order chi connectivity index (χ1) is 7.71. The number of hydrogen-bond donors (Lipinski definition) is 0. The van der Waals surface area contributed by atoms with Gasteiger partial charge in [0.15, 0.2) is 0 Å². The fourth-order valence-corrected chi connectivity index (χ4v) is 1.53. The minimum Gasteiger partial charge on any atom is -0.448 e. The molecule has 0 fully saturated rings. The van der Waals surface area contributed by atoms with Crippen LogP contribution >= 0.6 is 0 Å². The lowest BCUT2D eigenvalue weighted by Crippen LogP contribution is -2.35. The van der Waals surface area contributed by atoms with Crippen LogP contribution < -0.4 is 0 Å². The quantitative estimate of drug-likeness (QED) is 0.552. The van der Waals surface area contributed by atoms with E-state index in [4.69, 9.17) is 0 Å². The SMILES string of the molecule is F[B-](F)(F)C(CCc1ccccc1)C(F)(F)F. The highest BCUT2D eigenvalue weighted by Crippen LogP contribution is 2.44. The van der Waals surface area contributed by atoms with Crippen molar-refractivity contribution in [2.45, 2.75) is 24.8 Å². The molecule has 0 saturated heterocycles. The molecule has 1 rings (SSSR count). The van der Waals surface area contributed by atoms with Crippen LogP contribution in [0.2, 0.25) is 5.82 Å². The van der Waals surface area contributed by atoms with Crippen LogP contribution in [0.5, 0.6) is 0 Å². The van der Waals surface area contributed by atoms with Crippen molar-refractivity contribution in [1.82, 2.24) is 0 Å². The summed E-state index contributed by atoms with van der Waals surface area (Å²) >= 11 is 0. The molecule has 0 radical (unpaired) electrons. The molecule has 0 aromatic heterocycles. The molecule has 0 bridgehead atoms. The van der Waals surface area contributed by atoms with Crippen molar-refractivity contribution < 1.29 is 26.1 Å². The molecular formula is C10H10BF6-. The number of alkyl halides is 3. The van der Waals surface area contributed by atoms with Crippen LogP contribution in [0, 0.1) is 0 Å². The smallest absolute Gasteiger partial charge is 0.448 e. The first-order valence-corrected chi connectivity index (χ1v) is 5.02. The molecule has 0 aliphatic heterocycles. The van der Waals surface area contributed by atoms with Crippen molar-refractivity contribution in [2.24, 2.45) is 0 Å². The van der Waals surface area contributed by atoms with Gasteiger partial charge < -0.3 is 12.9 Å². The summed E-state index contributed by atoms with van der Waals surface area (Å²) in [6.07, 6.45) is -6.39. The van der Waals surface area contributed by atoms with E-state index in [2.05, 4.69) is 0 Å². The van der Waals surface area contributed by atoms with Crippen LogP contribution in [-0.2, 0) is 6.42 Å². The maximum Gasteiger partial charge on any atom is 0.490 e. The highest BCUT2D eigenvalue weighted by molar-refractivity contribution is 6.60. The van der Waals surface area contributed by atoms with E-state index in [-0.39, 0.29) is 6.42 Å². The topological polar surface area (TPSA) is 0 Å². The average molecular weight is 255 g/mol. The molecule has 1 atom stereocenters. The Bertz CT molecular complexity index is 328. The maximum absolute atomic E-state index is 12.3. The minimum absolute atomic E-state index is 0.230. The molecule has 0 aliphatic rings. The summed E-state index contributed by atoms with van der Waals surface area (Å²) in [5, 5.41) is 0. The Morgan fingerprint density at radius 3 is 1.94 bits per heavy atom. The number of benzene rings is 1. The van der Waals surface area contributed by atoms with E-state index >= 15 is 0 Å². The second kappa shape index (κ2) is 5.02. The van der Waals surface area contributed by atoms with E-state index in [1.165, 1.54) is 12.1 Å². The fraction of sp³-hybridized carbons (Fsp3) is 0.400.